The highest BCUT2D eigenvalue weighted by Gasteiger charge is 2.58. The second-order valence-electron chi connectivity index (χ2n) is 2.73. The second-order valence-corrected chi connectivity index (χ2v) is 2.73. The molecule has 0 saturated carbocycles. The van der Waals surface area contributed by atoms with Crippen molar-refractivity contribution in [3.05, 3.63) is 0 Å². The topological polar surface area (TPSA) is 0 Å². The molecule has 0 aromatic heterocycles. The lowest BCUT2D eigenvalue weighted by Gasteiger charge is -2.25. The molecule has 12 heavy (non-hydrogen) atoms. The van der Waals surface area contributed by atoms with Crippen LogP contribution in [0.25, 0.3) is 0 Å². The van der Waals surface area contributed by atoms with E-state index in [1.165, 1.54) is 0 Å². The van der Waals surface area contributed by atoms with Crippen LogP contribution in [0.4, 0.5) is 26.3 Å². The third kappa shape index (κ3) is 2.28. The van der Waals surface area contributed by atoms with Gasteiger partial charge in [0.25, 0.3) is 12.1 Å². The van der Waals surface area contributed by atoms with Gasteiger partial charge in [0.05, 0.1) is 0 Å². The number of halogens is 6. The molecule has 0 nitrogen and oxygen atoms in total. The van der Waals surface area contributed by atoms with Crippen molar-refractivity contribution < 1.29 is 26.3 Å². The van der Waals surface area contributed by atoms with Crippen molar-refractivity contribution in [2.75, 3.05) is 0 Å². The minimum absolute atomic E-state index is 0.832. The van der Waals surface area contributed by atoms with Crippen LogP contribution in [0.15, 0.2) is 0 Å². The SMILES string of the molecule is CC(C)C(F)(F)C(F)C(F)(F)F. The third-order valence-electron chi connectivity index (χ3n) is 1.40. The van der Waals surface area contributed by atoms with E-state index in [1.807, 2.05) is 0 Å². The Morgan fingerprint density at radius 3 is 1.33 bits per heavy atom. The zero-order valence-electron chi connectivity index (χ0n) is 6.42. The molecule has 0 aromatic rings. The number of alkyl halides is 6. The Morgan fingerprint density at radius 2 is 1.25 bits per heavy atom. The van der Waals surface area contributed by atoms with Gasteiger partial charge in [0.15, 0.2) is 0 Å². The van der Waals surface area contributed by atoms with Gasteiger partial charge in [0.2, 0.25) is 0 Å². The predicted octanol–water partition coefficient (Wildman–Crippen LogP) is 3.18. The molecule has 0 fully saturated rings. The van der Waals surface area contributed by atoms with Gasteiger partial charge in [-0.05, 0) is 0 Å². The summed E-state index contributed by atoms with van der Waals surface area (Å²) in [6.07, 6.45) is -9.57. The molecule has 0 radical (unpaired) electrons. The summed E-state index contributed by atoms with van der Waals surface area (Å²) in [6.45, 7) is 1.66. The van der Waals surface area contributed by atoms with Crippen LogP contribution in [0.1, 0.15) is 13.8 Å². The molecule has 6 heteroatoms. The van der Waals surface area contributed by atoms with Gasteiger partial charge in [-0.2, -0.15) is 13.2 Å². The molecule has 0 N–H and O–H groups in total. The second kappa shape index (κ2) is 3.14. The van der Waals surface area contributed by atoms with Gasteiger partial charge in [0.1, 0.15) is 0 Å². The maximum absolute atomic E-state index is 12.3. The molecule has 74 valence electrons. The van der Waals surface area contributed by atoms with E-state index in [0.717, 1.165) is 13.8 Å². The zero-order valence-corrected chi connectivity index (χ0v) is 6.42. The van der Waals surface area contributed by atoms with Gasteiger partial charge in [0, 0.05) is 5.92 Å². The molecular weight excluding hydrogens is 186 g/mol. The lowest BCUT2D eigenvalue weighted by molar-refractivity contribution is -0.255. The highest BCUT2D eigenvalue weighted by molar-refractivity contribution is 4.85. The summed E-state index contributed by atoms with van der Waals surface area (Å²) in [5.74, 6) is -6.02. The molecule has 1 atom stereocenters. The van der Waals surface area contributed by atoms with Crippen LogP contribution in [-0.2, 0) is 0 Å². The molecule has 0 spiro atoms. The summed E-state index contributed by atoms with van der Waals surface area (Å²) in [7, 11) is 0. The Labute approximate surface area is 65.6 Å². The van der Waals surface area contributed by atoms with Gasteiger partial charge >= 0.3 is 6.18 Å². The molecule has 0 bridgehead atoms. The molecule has 0 aliphatic carbocycles. The Kier molecular flexibility index (Phi) is 3.03. The zero-order chi connectivity index (χ0) is 10.2. The normalized spacial score (nSPS) is 16.8. The molecule has 0 aromatic carbocycles. The first-order chi connectivity index (χ1) is 5.10. The summed E-state index contributed by atoms with van der Waals surface area (Å²) in [5, 5.41) is 0. The van der Waals surface area contributed by atoms with Crippen molar-refractivity contribution in [1.29, 1.82) is 0 Å². The summed E-state index contributed by atoms with van der Waals surface area (Å²) in [5.41, 5.74) is 0. The Bertz CT molecular complexity index is 147. The van der Waals surface area contributed by atoms with Crippen molar-refractivity contribution in [2.45, 2.75) is 32.1 Å². The van der Waals surface area contributed by atoms with Crippen LogP contribution in [0.5, 0.6) is 0 Å². The third-order valence-corrected chi connectivity index (χ3v) is 1.40. The van der Waals surface area contributed by atoms with Crippen LogP contribution >= 0.6 is 0 Å². The van der Waals surface area contributed by atoms with Gasteiger partial charge in [-0.3, -0.25) is 0 Å². The predicted molar refractivity (Wildman–Crippen MR) is 30.7 cm³/mol. The standard InChI is InChI=1S/C6H8F6/c1-3(2)5(8,9)4(7)6(10,11)12/h3-4H,1-2H3. The monoisotopic (exact) mass is 194 g/mol. The Hall–Kier alpha value is -0.420. The fourth-order valence-corrected chi connectivity index (χ4v) is 0.511. The van der Waals surface area contributed by atoms with E-state index in [-0.39, 0.29) is 0 Å². The molecule has 0 heterocycles. The maximum Gasteiger partial charge on any atom is 0.425 e. The summed E-state index contributed by atoms with van der Waals surface area (Å²) in [4.78, 5) is 0. The van der Waals surface area contributed by atoms with E-state index in [4.69, 9.17) is 0 Å². The van der Waals surface area contributed by atoms with E-state index < -0.39 is 24.2 Å². The van der Waals surface area contributed by atoms with Crippen LogP contribution in [0.2, 0.25) is 0 Å². The molecule has 0 aliphatic rings. The van der Waals surface area contributed by atoms with Crippen molar-refractivity contribution >= 4 is 0 Å². The van der Waals surface area contributed by atoms with Crippen molar-refractivity contribution in [3.8, 4) is 0 Å². The average molecular weight is 194 g/mol. The van der Waals surface area contributed by atoms with Crippen LogP contribution in [0.3, 0.4) is 0 Å². The molecule has 0 aliphatic heterocycles. The van der Waals surface area contributed by atoms with Crippen LogP contribution in [0, 0.1) is 5.92 Å². The van der Waals surface area contributed by atoms with E-state index in [9.17, 15) is 26.3 Å². The lowest BCUT2D eigenvalue weighted by atomic mass is 10.0. The highest BCUT2D eigenvalue weighted by atomic mass is 19.4. The van der Waals surface area contributed by atoms with E-state index >= 15 is 0 Å². The van der Waals surface area contributed by atoms with E-state index in [2.05, 4.69) is 0 Å². The van der Waals surface area contributed by atoms with Crippen LogP contribution in [-0.4, -0.2) is 18.3 Å². The first-order valence-corrected chi connectivity index (χ1v) is 3.18. The van der Waals surface area contributed by atoms with Gasteiger partial charge < -0.3 is 0 Å². The summed E-state index contributed by atoms with van der Waals surface area (Å²) >= 11 is 0. The van der Waals surface area contributed by atoms with Crippen molar-refractivity contribution in [2.24, 2.45) is 5.92 Å². The fraction of sp³-hybridized carbons (Fsp3) is 1.00. The quantitative estimate of drug-likeness (QED) is 0.592. The maximum atomic E-state index is 12.3. The minimum Gasteiger partial charge on any atom is -0.231 e. The highest BCUT2D eigenvalue weighted by Crippen LogP contribution is 2.39. The average Bonchev–Trinajstić information content (AvgIpc) is 1.83. The number of rotatable bonds is 2. The van der Waals surface area contributed by atoms with Gasteiger partial charge in [-0.1, -0.05) is 13.8 Å². The van der Waals surface area contributed by atoms with E-state index in [1.54, 1.807) is 0 Å². The van der Waals surface area contributed by atoms with Gasteiger partial charge in [-0.15, -0.1) is 0 Å². The number of hydrogen-bond donors (Lipinski definition) is 0. The first-order valence-electron chi connectivity index (χ1n) is 3.18. The molecule has 1 unspecified atom stereocenters. The molecule has 0 amide bonds. The fourth-order valence-electron chi connectivity index (χ4n) is 0.511. The van der Waals surface area contributed by atoms with Gasteiger partial charge in [-0.25, -0.2) is 13.2 Å². The Morgan fingerprint density at radius 1 is 0.917 bits per heavy atom. The van der Waals surface area contributed by atoms with Crippen molar-refractivity contribution in [1.82, 2.24) is 0 Å². The molecule has 0 saturated heterocycles. The van der Waals surface area contributed by atoms with E-state index in [0.29, 0.717) is 0 Å². The molecular formula is C6H8F6. The largest absolute Gasteiger partial charge is 0.425 e. The lowest BCUT2D eigenvalue weighted by Crippen LogP contribution is -2.45. The molecule has 0 rings (SSSR count). The summed E-state index contributed by atoms with van der Waals surface area (Å²) in [6, 6.07) is 0. The summed E-state index contributed by atoms with van der Waals surface area (Å²) < 4.78 is 71.1. The Balaban J connectivity index is 4.57. The number of hydrogen-bond acceptors (Lipinski definition) is 0. The van der Waals surface area contributed by atoms with Crippen LogP contribution < -0.4 is 0 Å². The minimum atomic E-state index is -5.49. The smallest absolute Gasteiger partial charge is 0.231 e. The first kappa shape index (κ1) is 11.6. The van der Waals surface area contributed by atoms with Crippen molar-refractivity contribution in [3.63, 3.8) is 0 Å².